The predicted octanol–water partition coefficient (Wildman–Crippen LogP) is 2.54. The molecule has 0 saturated carbocycles. The van der Waals surface area contributed by atoms with Crippen LogP contribution in [0.4, 0.5) is 11.4 Å². The molecule has 0 aliphatic carbocycles. The minimum atomic E-state index is 0.310. The molecule has 3 rings (SSSR count). The fourth-order valence-electron chi connectivity index (χ4n) is 2.51. The van der Waals surface area contributed by atoms with Crippen LogP contribution in [0.3, 0.4) is 0 Å². The number of fused-ring (bicyclic) bond motifs is 1. The number of nitrogen functional groups attached to an aromatic ring is 1. The van der Waals surface area contributed by atoms with Crippen molar-refractivity contribution in [3.63, 3.8) is 0 Å². The first kappa shape index (κ1) is 11.0. The van der Waals surface area contributed by atoms with Crippen molar-refractivity contribution in [2.75, 3.05) is 17.2 Å². The minimum absolute atomic E-state index is 0.310. The van der Waals surface area contributed by atoms with Gasteiger partial charge in [-0.3, -0.25) is 0 Å². The van der Waals surface area contributed by atoms with Gasteiger partial charge in [0.2, 0.25) is 0 Å². The van der Waals surface area contributed by atoms with E-state index in [1.807, 2.05) is 24.3 Å². The second kappa shape index (κ2) is 4.26. The quantitative estimate of drug-likeness (QED) is 0.793. The van der Waals surface area contributed by atoms with E-state index in [4.69, 9.17) is 5.73 Å². The topological polar surface area (TPSA) is 49.5 Å². The van der Waals surface area contributed by atoms with Gasteiger partial charge in [0.15, 0.2) is 0 Å². The third-order valence-corrected chi connectivity index (χ3v) is 3.47. The van der Waals surface area contributed by atoms with Crippen LogP contribution in [0.25, 0.3) is 0 Å². The van der Waals surface area contributed by atoms with Crippen molar-refractivity contribution in [1.82, 2.24) is 0 Å². The summed E-state index contributed by atoms with van der Waals surface area (Å²) in [4.78, 5) is 2.33. The molecule has 3 nitrogen and oxygen atoms in total. The first-order valence-electron chi connectivity index (χ1n) is 6.14. The Balaban J connectivity index is 1.85. The van der Waals surface area contributed by atoms with E-state index in [2.05, 4.69) is 11.0 Å². The summed E-state index contributed by atoms with van der Waals surface area (Å²) in [6.07, 6.45) is 1.01. The van der Waals surface area contributed by atoms with Gasteiger partial charge >= 0.3 is 0 Å². The fraction of sp³-hybridized carbons (Fsp3) is 0.200. The third-order valence-electron chi connectivity index (χ3n) is 3.47. The number of rotatable bonds is 2. The van der Waals surface area contributed by atoms with Gasteiger partial charge in [0.1, 0.15) is 5.75 Å². The van der Waals surface area contributed by atoms with Gasteiger partial charge in [-0.1, -0.05) is 18.2 Å². The zero-order valence-corrected chi connectivity index (χ0v) is 10.1. The first-order valence-corrected chi connectivity index (χ1v) is 6.14. The summed E-state index contributed by atoms with van der Waals surface area (Å²) in [7, 11) is 0. The molecular formula is C15H16N2O. The van der Waals surface area contributed by atoms with Crippen molar-refractivity contribution in [3.05, 3.63) is 53.6 Å². The summed E-state index contributed by atoms with van der Waals surface area (Å²) in [6, 6.07) is 13.5. The molecule has 1 heterocycles. The Morgan fingerprint density at radius 2 is 1.89 bits per heavy atom. The Morgan fingerprint density at radius 3 is 2.67 bits per heavy atom. The average molecular weight is 240 g/mol. The van der Waals surface area contributed by atoms with Gasteiger partial charge in [-0.05, 0) is 36.2 Å². The summed E-state index contributed by atoms with van der Waals surface area (Å²) < 4.78 is 0. The number of aromatic hydroxyl groups is 1. The van der Waals surface area contributed by atoms with Crippen molar-refractivity contribution in [1.29, 1.82) is 0 Å². The summed E-state index contributed by atoms with van der Waals surface area (Å²) in [5.41, 5.74) is 10.6. The highest BCUT2D eigenvalue weighted by molar-refractivity contribution is 5.68. The zero-order chi connectivity index (χ0) is 12.5. The van der Waals surface area contributed by atoms with Crippen molar-refractivity contribution < 1.29 is 5.11 Å². The van der Waals surface area contributed by atoms with Crippen LogP contribution in [0.5, 0.6) is 5.75 Å². The fourth-order valence-corrected chi connectivity index (χ4v) is 2.51. The van der Waals surface area contributed by atoms with Crippen molar-refractivity contribution in [2.24, 2.45) is 0 Å². The molecule has 0 bridgehead atoms. The van der Waals surface area contributed by atoms with Crippen LogP contribution in [0.15, 0.2) is 42.5 Å². The van der Waals surface area contributed by atoms with Crippen LogP contribution in [0.1, 0.15) is 11.1 Å². The number of hydrogen-bond acceptors (Lipinski definition) is 3. The number of hydrogen-bond donors (Lipinski definition) is 2. The first-order chi connectivity index (χ1) is 8.74. The molecule has 0 amide bonds. The van der Waals surface area contributed by atoms with Gasteiger partial charge in [-0.25, -0.2) is 0 Å². The number of anilines is 2. The maximum Gasteiger partial charge on any atom is 0.115 e. The Morgan fingerprint density at radius 1 is 1.11 bits per heavy atom. The second-order valence-electron chi connectivity index (χ2n) is 4.68. The van der Waals surface area contributed by atoms with E-state index in [1.165, 1.54) is 16.8 Å². The standard InChI is InChI=1S/C15H16N2O/c16-14-2-1-3-15-13(14)8-9-17(15)10-11-4-6-12(18)7-5-11/h1-7,18H,8-10,16H2. The molecule has 1 aliphatic heterocycles. The van der Waals surface area contributed by atoms with Gasteiger partial charge in [-0.15, -0.1) is 0 Å². The number of phenols is 1. The van der Waals surface area contributed by atoms with E-state index in [1.54, 1.807) is 12.1 Å². The molecule has 18 heavy (non-hydrogen) atoms. The lowest BCUT2D eigenvalue weighted by Crippen LogP contribution is -2.19. The van der Waals surface area contributed by atoms with Gasteiger partial charge in [0.05, 0.1) is 0 Å². The Hall–Kier alpha value is -2.16. The van der Waals surface area contributed by atoms with Gasteiger partial charge in [-0.2, -0.15) is 0 Å². The van der Waals surface area contributed by atoms with E-state index in [0.717, 1.165) is 25.2 Å². The predicted molar refractivity (Wildman–Crippen MR) is 73.7 cm³/mol. The lowest BCUT2D eigenvalue weighted by Gasteiger charge is -2.19. The van der Waals surface area contributed by atoms with Gasteiger partial charge in [0.25, 0.3) is 0 Å². The highest BCUT2D eigenvalue weighted by Crippen LogP contribution is 2.33. The maximum atomic E-state index is 9.28. The SMILES string of the molecule is Nc1cccc2c1CCN2Cc1ccc(O)cc1. The van der Waals surface area contributed by atoms with Crippen LogP contribution >= 0.6 is 0 Å². The van der Waals surface area contributed by atoms with E-state index < -0.39 is 0 Å². The summed E-state index contributed by atoms with van der Waals surface area (Å²) in [5, 5.41) is 9.28. The number of phenolic OH excluding ortho intramolecular Hbond substituents is 1. The summed E-state index contributed by atoms with van der Waals surface area (Å²) in [5.74, 6) is 0.310. The molecule has 0 saturated heterocycles. The highest BCUT2D eigenvalue weighted by Gasteiger charge is 2.20. The number of benzene rings is 2. The molecule has 3 heteroatoms. The van der Waals surface area contributed by atoms with Crippen LogP contribution in [-0.4, -0.2) is 11.7 Å². The number of nitrogens with zero attached hydrogens (tertiary/aromatic N) is 1. The van der Waals surface area contributed by atoms with E-state index in [0.29, 0.717) is 5.75 Å². The Bertz CT molecular complexity index is 563. The van der Waals surface area contributed by atoms with Crippen LogP contribution in [-0.2, 0) is 13.0 Å². The van der Waals surface area contributed by atoms with Crippen molar-refractivity contribution in [2.45, 2.75) is 13.0 Å². The molecule has 2 aromatic rings. The molecule has 0 unspecified atom stereocenters. The average Bonchev–Trinajstić information content (AvgIpc) is 2.77. The molecule has 2 aromatic carbocycles. The van der Waals surface area contributed by atoms with Crippen LogP contribution in [0, 0.1) is 0 Å². The van der Waals surface area contributed by atoms with Crippen LogP contribution in [0.2, 0.25) is 0 Å². The Labute approximate surface area is 106 Å². The zero-order valence-electron chi connectivity index (χ0n) is 10.1. The molecule has 3 N–H and O–H groups in total. The monoisotopic (exact) mass is 240 g/mol. The van der Waals surface area contributed by atoms with Gasteiger partial charge in [0, 0.05) is 30.0 Å². The molecule has 0 atom stereocenters. The maximum absolute atomic E-state index is 9.28. The van der Waals surface area contributed by atoms with E-state index in [-0.39, 0.29) is 0 Å². The minimum Gasteiger partial charge on any atom is -0.508 e. The molecule has 92 valence electrons. The summed E-state index contributed by atoms with van der Waals surface area (Å²) >= 11 is 0. The normalized spacial score (nSPS) is 13.7. The lowest BCUT2D eigenvalue weighted by molar-refractivity contribution is 0.475. The van der Waals surface area contributed by atoms with Crippen molar-refractivity contribution >= 4 is 11.4 Å². The van der Waals surface area contributed by atoms with Crippen molar-refractivity contribution in [3.8, 4) is 5.75 Å². The smallest absolute Gasteiger partial charge is 0.115 e. The van der Waals surface area contributed by atoms with Gasteiger partial charge < -0.3 is 15.7 Å². The lowest BCUT2D eigenvalue weighted by atomic mass is 10.1. The van der Waals surface area contributed by atoms with Crippen LogP contribution < -0.4 is 10.6 Å². The molecule has 0 aromatic heterocycles. The Kier molecular flexibility index (Phi) is 2.59. The largest absolute Gasteiger partial charge is 0.508 e. The molecule has 0 spiro atoms. The molecular weight excluding hydrogens is 224 g/mol. The molecule has 0 radical (unpaired) electrons. The third kappa shape index (κ3) is 1.88. The summed E-state index contributed by atoms with van der Waals surface area (Å²) in [6.45, 7) is 1.86. The molecule has 1 aliphatic rings. The second-order valence-corrected chi connectivity index (χ2v) is 4.68. The number of nitrogens with two attached hydrogens (primary N) is 1. The molecule has 0 fully saturated rings. The van der Waals surface area contributed by atoms with E-state index >= 15 is 0 Å². The van der Waals surface area contributed by atoms with E-state index in [9.17, 15) is 5.11 Å². The highest BCUT2D eigenvalue weighted by atomic mass is 16.3.